The van der Waals surface area contributed by atoms with E-state index in [1.807, 2.05) is 41.9 Å². The van der Waals surface area contributed by atoms with Crippen LogP contribution in [0.3, 0.4) is 0 Å². The van der Waals surface area contributed by atoms with E-state index in [1.54, 1.807) is 0 Å². The average molecular weight is 325 g/mol. The Kier molecular flexibility index (Phi) is 5.08. The highest BCUT2D eigenvalue weighted by Crippen LogP contribution is 2.28. The van der Waals surface area contributed by atoms with Crippen molar-refractivity contribution in [3.63, 3.8) is 0 Å². The molecule has 114 valence electrons. The molecule has 21 heavy (non-hydrogen) atoms. The first kappa shape index (κ1) is 16.1. The summed E-state index contributed by atoms with van der Waals surface area (Å²) < 4.78 is 24.4. The SMILES string of the molecule is Cc1nn(-c2ccccc2)c(SCCS(C)(=O)=O)c1CN. The molecule has 0 atom stereocenters. The predicted molar refractivity (Wildman–Crippen MR) is 86.6 cm³/mol. The molecule has 0 saturated heterocycles. The third-order valence-electron chi connectivity index (χ3n) is 3.04. The van der Waals surface area contributed by atoms with Crippen LogP contribution in [0.15, 0.2) is 35.4 Å². The minimum atomic E-state index is -2.97. The summed E-state index contributed by atoms with van der Waals surface area (Å²) in [4.78, 5) is 0. The number of thioether (sulfide) groups is 1. The molecule has 0 bridgehead atoms. The summed E-state index contributed by atoms with van der Waals surface area (Å²) in [6.07, 6.45) is 1.25. The zero-order valence-corrected chi connectivity index (χ0v) is 13.7. The van der Waals surface area contributed by atoms with E-state index in [9.17, 15) is 8.42 Å². The number of nitrogens with two attached hydrogens (primary N) is 1. The fourth-order valence-electron chi connectivity index (χ4n) is 1.96. The maximum absolute atomic E-state index is 11.3. The summed E-state index contributed by atoms with van der Waals surface area (Å²) in [7, 11) is -2.97. The molecule has 0 spiro atoms. The lowest BCUT2D eigenvalue weighted by molar-refractivity contribution is 0.603. The van der Waals surface area contributed by atoms with E-state index in [2.05, 4.69) is 5.10 Å². The van der Waals surface area contributed by atoms with Crippen LogP contribution in [-0.2, 0) is 16.4 Å². The second kappa shape index (κ2) is 6.64. The number of hydrogen-bond acceptors (Lipinski definition) is 5. The van der Waals surface area contributed by atoms with Gasteiger partial charge in [-0.2, -0.15) is 5.10 Å². The average Bonchev–Trinajstić information content (AvgIpc) is 2.74. The zero-order valence-electron chi connectivity index (χ0n) is 12.1. The molecule has 2 rings (SSSR count). The highest BCUT2D eigenvalue weighted by molar-refractivity contribution is 8.00. The molecular formula is C14H19N3O2S2. The van der Waals surface area contributed by atoms with E-state index in [1.165, 1.54) is 18.0 Å². The number of hydrogen-bond donors (Lipinski definition) is 1. The Bertz CT molecular complexity index is 709. The van der Waals surface area contributed by atoms with E-state index in [-0.39, 0.29) is 5.75 Å². The molecule has 1 aromatic carbocycles. The lowest BCUT2D eigenvalue weighted by Crippen LogP contribution is -2.07. The molecular weight excluding hydrogens is 306 g/mol. The van der Waals surface area contributed by atoms with Gasteiger partial charge in [0.05, 0.1) is 17.1 Å². The van der Waals surface area contributed by atoms with Crippen LogP contribution in [-0.4, -0.2) is 36.0 Å². The molecule has 0 aliphatic carbocycles. The van der Waals surface area contributed by atoms with Crippen molar-refractivity contribution in [2.24, 2.45) is 5.73 Å². The highest BCUT2D eigenvalue weighted by Gasteiger charge is 2.16. The van der Waals surface area contributed by atoms with Gasteiger partial charge in [0.1, 0.15) is 14.9 Å². The van der Waals surface area contributed by atoms with Gasteiger partial charge in [-0.3, -0.25) is 0 Å². The minimum Gasteiger partial charge on any atom is -0.326 e. The Balaban J connectivity index is 2.33. The van der Waals surface area contributed by atoms with Gasteiger partial charge in [-0.25, -0.2) is 13.1 Å². The predicted octanol–water partition coefficient (Wildman–Crippen LogP) is 1.78. The molecule has 1 aromatic heterocycles. The Morgan fingerprint density at radius 2 is 1.95 bits per heavy atom. The summed E-state index contributed by atoms with van der Waals surface area (Å²) in [6.45, 7) is 2.31. The number of sulfone groups is 1. The molecule has 0 radical (unpaired) electrons. The number of rotatable bonds is 6. The van der Waals surface area contributed by atoms with Crippen molar-refractivity contribution in [3.8, 4) is 5.69 Å². The fraction of sp³-hybridized carbons (Fsp3) is 0.357. The van der Waals surface area contributed by atoms with Crippen molar-refractivity contribution in [2.45, 2.75) is 18.5 Å². The molecule has 5 nitrogen and oxygen atoms in total. The number of nitrogens with zero attached hydrogens (tertiary/aromatic N) is 2. The molecule has 7 heteroatoms. The first-order valence-corrected chi connectivity index (χ1v) is 9.61. The van der Waals surface area contributed by atoms with Gasteiger partial charge in [-0.05, 0) is 19.1 Å². The third-order valence-corrected chi connectivity index (χ3v) is 5.34. The lowest BCUT2D eigenvalue weighted by Gasteiger charge is -2.08. The summed E-state index contributed by atoms with van der Waals surface area (Å²) in [5, 5.41) is 5.45. The van der Waals surface area contributed by atoms with Crippen LogP contribution >= 0.6 is 11.8 Å². The van der Waals surface area contributed by atoms with Gasteiger partial charge in [0.2, 0.25) is 0 Å². The van der Waals surface area contributed by atoms with Crippen LogP contribution in [0.5, 0.6) is 0 Å². The van der Waals surface area contributed by atoms with Gasteiger partial charge in [-0.1, -0.05) is 18.2 Å². The van der Waals surface area contributed by atoms with Crippen molar-refractivity contribution in [1.82, 2.24) is 9.78 Å². The van der Waals surface area contributed by atoms with Crippen molar-refractivity contribution in [2.75, 3.05) is 17.8 Å². The Morgan fingerprint density at radius 3 is 2.52 bits per heavy atom. The zero-order chi connectivity index (χ0) is 15.5. The Labute approximate surface area is 129 Å². The van der Waals surface area contributed by atoms with Gasteiger partial charge in [-0.15, -0.1) is 11.8 Å². The third kappa shape index (κ3) is 4.09. The maximum atomic E-state index is 11.3. The van der Waals surface area contributed by atoms with E-state index in [4.69, 9.17) is 5.73 Å². The number of aromatic nitrogens is 2. The first-order chi connectivity index (χ1) is 9.92. The van der Waals surface area contributed by atoms with Crippen LogP contribution in [0, 0.1) is 6.92 Å². The van der Waals surface area contributed by atoms with Crippen molar-refractivity contribution < 1.29 is 8.42 Å². The van der Waals surface area contributed by atoms with Crippen LogP contribution in [0.2, 0.25) is 0 Å². The Hall–Kier alpha value is -1.31. The van der Waals surface area contributed by atoms with Gasteiger partial charge < -0.3 is 5.73 Å². The van der Waals surface area contributed by atoms with E-state index >= 15 is 0 Å². The van der Waals surface area contributed by atoms with Crippen LogP contribution in [0.25, 0.3) is 5.69 Å². The highest BCUT2D eigenvalue weighted by atomic mass is 32.2. The topological polar surface area (TPSA) is 78.0 Å². The van der Waals surface area contributed by atoms with Crippen molar-refractivity contribution >= 4 is 21.6 Å². The van der Waals surface area contributed by atoms with Gasteiger partial charge in [0, 0.05) is 24.1 Å². The first-order valence-electron chi connectivity index (χ1n) is 6.57. The molecule has 0 saturated carbocycles. The van der Waals surface area contributed by atoms with Crippen LogP contribution in [0.1, 0.15) is 11.3 Å². The number of para-hydroxylation sites is 1. The van der Waals surface area contributed by atoms with Crippen LogP contribution in [0.4, 0.5) is 0 Å². The van der Waals surface area contributed by atoms with Gasteiger partial charge in [0.25, 0.3) is 0 Å². The Morgan fingerprint density at radius 1 is 1.29 bits per heavy atom. The quantitative estimate of drug-likeness (QED) is 0.819. The number of aryl methyl sites for hydroxylation is 1. The molecule has 0 aliphatic rings. The second-order valence-electron chi connectivity index (χ2n) is 4.80. The fourth-order valence-corrected chi connectivity index (χ4v) is 4.37. The standard InChI is InChI=1S/C14H19N3O2S2/c1-11-13(10-15)14(20-8-9-21(2,18)19)17(16-11)12-6-4-3-5-7-12/h3-7H,8-10,15H2,1-2H3. The molecule has 0 fully saturated rings. The molecule has 1 heterocycles. The molecule has 0 unspecified atom stereocenters. The summed E-state index contributed by atoms with van der Waals surface area (Å²) in [5.74, 6) is 0.629. The van der Waals surface area contributed by atoms with E-state index in [0.717, 1.165) is 22.0 Å². The monoisotopic (exact) mass is 325 g/mol. The van der Waals surface area contributed by atoms with Crippen molar-refractivity contribution in [3.05, 3.63) is 41.6 Å². The minimum absolute atomic E-state index is 0.140. The van der Waals surface area contributed by atoms with Gasteiger partial charge in [0.15, 0.2) is 0 Å². The molecule has 0 aliphatic heterocycles. The van der Waals surface area contributed by atoms with Crippen molar-refractivity contribution in [1.29, 1.82) is 0 Å². The normalized spacial score (nSPS) is 11.8. The van der Waals surface area contributed by atoms with E-state index < -0.39 is 9.84 Å². The molecule has 0 amide bonds. The largest absolute Gasteiger partial charge is 0.326 e. The summed E-state index contributed by atoms with van der Waals surface area (Å²) in [5.41, 5.74) is 8.61. The lowest BCUT2D eigenvalue weighted by atomic mass is 10.3. The smallest absolute Gasteiger partial charge is 0.148 e. The second-order valence-corrected chi connectivity index (χ2v) is 8.14. The van der Waals surface area contributed by atoms with E-state index in [0.29, 0.717) is 12.3 Å². The summed E-state index contributed by atoms with van der Waals surface area (Å²) in [6, 6.07) is 9.76. The molecule has 2 N–H and O–H groups in total. The van der Waals surface area contributed by atoms with Crippen LogP contribution < -0.4 is 5.73 Å². The summed E-state index contributed by atoms with van der Waals surface area (Å²) >= 11 is 1.48. The van der Waals surface area contributed by atoms with Gasteiger partial charge >= 0.3 is 0 Å². The number of benzene rings is 1. The molecule has 2 aromatic rings. The maximum Gasteiger partial charge on any atom is 0.148 e.